The van der Waals surface area contributed by atoms with Crippen LogP contribution in [0.15, 0.2) is 77.7 Å². The number of nitrogens with zero attached hydrogens (tertiary/aromatic N) is 4. The third-order valence-electron chi connectivity index (χ3n) is 8.44. The van der Waals surface area contributed by atoms with Gasteiger partial charge in [-0.05, 0) is 53.6 Å². The molecule has 4 amide bonds. The summed E-state index contributed by atoms with van der Waals surface area (Å²) in [6.45, 7) is 6.41. The number of nitrogens with two attached hydrogens (primary N) is 1. The third-order valence-corrected chi connectivity index (χ3v) is 10.6. The summed E-state index contributed by atoms with van der Waals surface area (Å²) in [6, 6.07) is 19.1. The Morgan fingerprint density at radius 2 is 1.70 bits per heavy atom. The second-order valence-corrected chi connectivity index (χ2v) is 15.5. The summed E-state index contributed by atoms with van der Waals surface area (Å²) >= 11 is 6.04. The molecule has 1 heterocycles. The highest BCUT2D eigenvalue weighted by atomic mass is 35.5. The van der Waals surface area contributed by atoms with Crippen LogP contribution in [0.1, 0.15) is 44.4 Å². The number of hydrogen-bond donors (Lipinski definition) is 3. The lowest BCUT2D eigenvalue weighted by Crippen LogP contribution is -2.57. The molecule has 1 fully saturated rings. The van der Waals surface area contributed by atoms with Gasteiger partial charge in [-0.3, -0.25) is 14.5 Å². The van der Waals surface area contributed by atoms with Gasteiger partial charge in [0.2, 0.25) is 15.9 Å². The first-order valence-corrected chi connectivity index (χ1v) is 18.1. The number of sulfonamides is 1. The van der Waals surface area contributed by atoms with E-state index in [4.69, 9.17) is 17.3 Å². The van der Waals surface area contributed by atoms with Gasteiger partial charge in [-0.15, -0.1) is 0 Å². The molecule has 1 saturated heterocycles. The van der Waals surface area contributed by atoms with Crippen molar-refractivity contribution >= 4 is 45.2 Å². The molecule has 3 aromatic carbocycles. The molecule has 3 aromatic rings. The van der Waals surface area contributed by atoms with Crippen molar-refractivity contribution in [2.75, 3.05) is 25.4 Å². The Morgan fingerprint density at radius 1 is 1.04 bits per heavy atom. The summed E-state index contributed by atoms with van der Waals surface area (Å²) in [4.78, 5) is 43.0. The van der Waals surface area contributed by atoms with Gasteiger partial charge in [-0.25, -0.2) is 13.2 Å². The van der Waals surface area contributed by atoms with Crippen molar-refractivity contribution in [1.29, 1.82) is 5.26 Å². The van der Waals surface area contributed by atoms with Gasteiger partial charge in [0.15, 0.2) is 0 Å². The summed E-state index contributed by atoms with van der Waals surface area (Å²) in [5, 5.41) is 24.3. The van der Waals surface area contributed by atoms with Crippen molar-refractivity contribution in [2.45, 2.75) is 63.7 Å². The molecule has 14 heteroatoms. The summed E-state index contributed by atoms with van der Waals surface area (Å²) < 4.78 is 28.8. The predicted molar refractivity (Wildman–Crippen MR) is 190 cm³/mol. The number of nitrogens with one attached hydrogen (secondary N) is 1. The van der Waals surface area contributed by atoms with Crippen LogP contribution in [0.2, 0.25) is 5.02 Å². The number of carbonyl (C=O) groups excluding carboxylic acids is 3. The number of urea groups is 1. The number of imide groups is 1. The Kier molecular flexibility index (Phi) is 12.6. The van der Waals surface area contributed by atoms with Crippen LogP contribution in [-0.4, -0.2) is 83.3 Å². The van der Waals surface area contributed by atoms with Gasteiger partial charge in [0.25, 0.3) is 5.91 Å². The van der Waals surface area contributed by atoms with Gasteiger partial charge in [-0.2, -0.15) is 9.57 Å². The van der Waals surface area contributed by atoms with E-state index < -0.39 is 52.0 Å². The number of aliphatic hydroxyl groups is 1. The summed E-state index contributed by atoms with van der Waals surface area (Å²) in [6.07, 6.45) is -1.24. The molecular formula is C36H43ClN6O6S. The van der Waals surface area contributed by atoms with E-state index in [2.05, 4.69) is 11.4 Å². The number of benzene rings is 3. The fourth-order valence-electron chi connectivity index (χ4n) is 5.94. The molecule has 266 valence electrons. The number of rotatable bonds is 15. The predicted octanol–water partition coefficient (Wildman–Crippen LogP) is 4.02. The van der Waals surface area contributed by atoms with E-state index in [0.29, 0.717) is 11.1 Å². The normalized spacial score (nSPS) is 15.4. The Hall–Kier alpha value is -4.48. The second kappa shape index (κ2) is 16.5. The average molecular weight is 723 g/mol. The molecule has 0 spiro atoms. The summed E-state index contributed by atoms with van der Waals surface area (Å²) in [7, 11) is -4.15. The number of halogens is 1. The fraction of sp³-hybridized carbons (Fsp3) is 0.389. The molecule has 3 atom stereocenters. The van der Waals surface area contributed by atoms with E-state index >= 15 is 0 Å². The number of hydrogen-bond acceptors (Lipinski definition) is 8. The van der Waals surface area contributed by atoms with Crippen molar-refractivity contribution in [3.63, 3.8) is 0 Å². The van der Waals surface area contributed by atoms with Crippen LogP contribution in [0.5, 0.6) is 0 Å². The van der Waals surface area contributed by atoms with Crippen LogP contribution in [0, 0.1) is 23.2 Å². The minimum Gasteiger partial charge on any atom is -0.397 e. The highest BCUT2D eigenvalue weighted by molar-refractivity contribution is 7.89. The molecule has 12 nitrogen and oxygen atoms in total. The maximum absolute atomic E-state index is 14.1. The zero-order valence-corrected chi connectivity index (χ0v) is 30.1. The highest BCUT2D eigenvalue weighted by Crippen LogP contribution is 2.27. The highest BCUT2D eigenvalue weighted by Gasteiger charge is 2.44. The van der Waals surface area contributed by atoms with Crippen molar-refractivity contribution < 1.29 is 27.9 Å². The summed E-state index contributed by atoms with van der Waals surface area (Å²) in [5.41, 5.74) is 7.61. The lowest BCUT2D eigenvalue weighted by Gasteiger charge is -2.34. The fourth-order valence-corrected chi connectivity index (χ4v) is 7.72. The van der Waals surface area contributed by atoms with Crippen LogP contribution >= 0.6 is 11.6 Å². The van der Waals surface area contributed by atoms with Crippen LogP contribution in [-0.2, 0) is 32.6 Å². The first-order chi connectivity index (χ1) is 23.6. The Labute approximate surface area is 298 Å². The monoisotopic (exact) mass is 722 g/mol. The molecule has 0 aromatic heterocycles. The largest absolute Gasteiger partial charge is 0.397 e. The van der Waals surface area contributed by atoms with Gasteiger partial charge >= 0.3 is 6.03 Å². The zero-order valence-electron chi connectivity index (χ0n) is 28.5. The zero-order chi connectivity index (χ0) is 36.7. The molecule has 4 rings (SSSR count). The van der Waals surface area contributed by atoms with Crippen molar-refractivity contribution in [3.05, 3.63) is 94.5 Å². The van der Waals surface area contributed by atoms with Crippen LogP contribution in [0.3, 0.4) is 0 Å². The van der Waals surface area contributed by atoms with E-state index in [1.54, 1.807) is 38.1 Å². The van der Waals surface area contributed by atoms with E-state index in [1.165, 1.54) is 23.1 Å². The number of aliphatic hydroxyl groups excluding tert-OH is 1. The van der Waals surface area contributed by atoms with Gasteiger partial charge in [0.05, 0.1) is 45.9 Å². The minimum atomic E-state index is -4.15. The SMILES string of the molecule is CC(C)CN(C[C@@H](O)[C@H](Cc1ccccc1)NC(=O)C(C(C)C)N1CC(=O)N(Cc2ccccc2C#N)C1=O)S(=O)(=O)c1ccc(Cl)c(N)c1. The standard InChI is InChI=1S/C36H43ClN6O6S/c1-23(2)19-41(50(48,49)28-14-15-29(37)30(39)17-28)21-32(44)31(16-25-10-6-5-7-11-25)40-35(46)34(24(3)4)43-22-33(45)42(36(43)47)20-27-13-9-8-12-26(27)18-38/h5-15,17,23-24,31-32,34,44H,16,19-22,39H2,1-4H3,(H,40,46)/t31-,32+,34?/m0/s1. The van der Waals surface area contributed by atoms with Crippen molar-refractivity contribution in [1.82, 2.24) is 19.4 Å². The van der Waals surface area contributed by atoms with Gasteiger partial charge in [0, 0.05) is 13.1 Å². The quantitative estimate of drug-likeness (QED) is 0.156. The molecular weight excluding hydrogens is 680 g/mol. The molecule has 1 aliphatic rings. The topological polar surface area (TPSA) is 177 Å². The molecule has 4 N–H and O–H groups in total. The van der Waals surface area contributed by atoms with Gasteiger partial charge in [0.1, 0.15) is 12.6 Å². The van der Waals surface area contributed by atoms with E-state index in [1.807, 2.05) is 44.2 Å². The number of carbonyl (C=O) groups is 3. The molecule has 0 bridgehead atoms. The number of nitriles is 1. The second-order valence-electron chi connectivity index (χ2n) is 13.1. The van der Waals surface area contributed by atoms with E-state index in [9.17, 15) is 33.2 Å². The third kappa shape index (κ3) is 9.00. The molecule has 1 aliphatic heterocycles. The smallest absolute Gasteiger partial charge is 0.328 e. The molecule has 0 saturated carbocycles. The maximum atomic E-state index is 14.1. The minimum absolute atomic E-state index is 0.0672. The number of nitrogen functional groups attached to an aromatic ring is 1. The average Bonchev–Trinajstić information content (AvgIpc) is 3.33. The lowest BCUT2D eigenvalue weighted by molar-refractivity contribution is -0.129. The van der Waals surface area contributed by atoms with E-state index in [0.717, 1.165) is 14.8 Å². The molecule has 0 aliphatic carbocycles. The van der Waals surface area contributed by atoms with E-state index in [-0.39, 0.29) is 54.1 Å². The molecule has 0 radical (unpaired) electrons. The van der Waals surface area contributed by atoms with Gasteiger partial charge in [-0.1, -0.05) is 87.8 Å². The number of amides is 4. The van der Waals surface area contributed by atoms with Crippen molar-refractivity contribution in [3.8, 4) is 6.07 Å². The molecule has 1 unspecified atom stereocenters. The maximum Gasteiger partial charge on any atom is 0.328 e. The van der Waals surface area contributed by atoms with Crippen LogP contribution in [0.25, 0.3) is 0 Å². The van der Waals surface area contributed by atoms with Crippen LogP contribution in [0.4, 0.5) is 10.5 Å². The number of anilines is 1. The van der Waals surface area contributed by atoms with Crippen LogP contribution < -0.4 is 11.1 Å². The molecule has 50 heavy (non-hydrogen) atoms. The summed E-state index contributed by atoms with van der Waals surface area (Å²) in [5.74, 6) is -1.68. The first kappa shape index (κ1) is 38.3. The Morgan fingerprint density at radius 3 is 2.32 bits per heavy atom. The van der Waals surface area contributed by atoms with Gasteiger partial charge < -0.3 is 21.1 Å². The lowest BCUT2D eigenvalue weighted by atomic mass is 9.97. The Balaban J connectivity index is 1.61. The Bertz CT molecular complexity index is 1850. The van der Waals surface area contributed by atoms with Crippen molar-refractivity contribution in [2.24, 2.45) is 11.8 Å². The first-order valence-electron chi connectivity index (χ1n) is 16.3.